The van der Waals surface area contributed by atoms with Crippen molar-refractivity contribution in [3.63, 3.8) is 0 Å². The number of nitrogens with zero attached hydrogens (tertiary/aromatic N) is 1. The second-order valence-electron chi connectivity index (χ2n) is 5.77. The van der Waals surface area contributed by atoms with Gasteiger partial charge in [0.05, 0.1) is 6.54 Å². The van der Waals surface area contributed by atoms with Gasteiger partial charge in [-0.25, -0.2) is 0 Å². The third-order valence-electron chi connectivity index (χ3n) is 3.35. The van der Waals surface area contributed by atoms with Crippen LogP contribution in [-0.4, -0.2) is 48.2 Å². The van der Waals surface area contributed by atoms with Crippen LogP contribution in [0.25, 0.3) is 0 Å². The maximum Gasteiger partial charge on any atom is 0.120 e. The van der Waals surface area contributed by atoms with Crippen molar-refractivity contribution >= 4 is 11.8 Å². The minimum Gasteiger partial charge on any atom is -0.492 e. The van der Waals surface area contributed by atoms with Gasteiger partial charge in [0.25, 0.3) is 0 Å². The highest BCUT2D eigenvalue weighted by atomic mass is 32.2. The Kier molecular flexibility index (Phi) is 5.98. The van der Waals surface area contributed by atoms with Crippen molar-refractivity contribution in [2.45, 2.75) is 18.6 Å². The zero-order valence-electron chi connectivity index (χ0n) is 12.9. The predicted octanol–water partition coefficient (Wildman–Crippen LogP) is 2.20. The lowest BCUT2D eigenvalue weighted by molar-refractivity contribution is 0.202. The van der Waals surface area contributed by atoms with E-state index in [0.29, 0.717) is 17.9 Å². The van der Waals surface area contributed by atoms with Crippen LogP contribution in [0.3, 0.4) is 0 Å². The van der Waals surface area contributed by atoms with Crippen LogP contribution in [0.15, 0.2) is 24.3 Å². The van der Waals surface area contributed by atoms with Gasteiger partial charge in [-0.3, -0.25) is 4.90 Å². The van der Waals surface area contributed by atoms with Crippen LogP contribution >= 0.6 is 11.8 Å². The molecule has 1 aliphatic heterocycles. The monoisotopic (exact) mass is 304 g/mol. The molecule has 4 heteroatoms. The summed E-state index contributed by atoms with van der Waals surface area (Å²) in [6, 6.07) is 7.89. The number of nitrogens with two attached hydrogens (primary N) is 1. The summed E-state index contributed by atoms with van der Waals surface area (Å²) >= 11 is 2.06. The quantitative estimate of drug-likeness (QED) is 0.866. The van der Waals surface area contributed by atoms with Gasteiger partial charge in [-0.1, -0.05) is 17.9 Å². The van der Waals surface area contributed by atoms with Gasteiger partial charge in [0.2, 0.25) is 0 Å². The first-order valence-corrected chi connectivity index (χ1v) is 8.36. The average molecular weight is 304 g/mol. The van der Waals surface area contributed by atoms with Crippen LogP contribution in [0, 0.1) is 11.8 Å². The van der Waals surface area contributed by atoms with Gasteiger partial charge < -0.3 is 10.5 Å². The summed E-state index contributed by atoms with van der Waals surface area (Å²) in [6.45, 7) is 8.97. The van der Waals surface area contributed by atoms with E-state index in [1.807, 2.05) is 24.3 Å². The number of benzene rings is 1. The lowest BCUT2D eigenvalue weighted by Gasteiger charge is -2.37. The van der Waals surface area contributed by atoms with E-state index in [-0.39, 0.29) is 0 Å². The van der Waals surface area contributed by atoms with Crippen LogP contribution < -0.4 is 10.5 Å². The molecular formula is C17H24N2OS. The molecule has 1 aliphatic rings. The number of ether oxygens (including phenoxy) is 1. The van der Waals surface area contributed by atoms with Gasteiger partial charge >= 0.3 is 0 Å². The van der Waals surface area contributed by atoms with Crippen molar-refractivity contribution in [2.75, 3.05) is 38.5 Å². The van der Waals surface area contributed by atoms with Crippen molar-refractivity contribution in [3.8, 4) is 17.6 Å². The summed E-state index contributed by atoms with van der Waals surface area (Å²) in [5, 5.41) is 0. The molecular weight excluding hydrogens is 280 g/mol. The van der Waals surface area contributed by atoms with Crippen LogP contribution in [0.1, 0.15) is 19.4 Å². The summed E-state index contributed by atoms with van der Waals surface area (Å²) in [5.74, 6) is 7.97. The van der Waals surface area contributed by atoms with E-state index in [1.54, 1.807) is 0 Å². The Labute approximate surface area is 132 Å². The Morgan fingerprint density at radius 2 is 2.29 bits per heavy atom. The van der Waals surface area contributed by atoms with Gasteiger partial charge in [0, 0.05) is 35.7 Å². The van der Waals surface area contributed by atoms with E-state index in [1.165, 1.54) is 5.75 Å². The number of hydrogen-bond acceptors (Lipinski definition) is 4. The Balaban J connectivity index is 1.80. The van der Waals surface area contributed by atoms with Crippen molar-refractivity contribution in [3.05, 3.63) is 29.8 Å². The molecule has 0 radical (unpaired) electrons. The predicted molar refractivity (Wildman–Crippen MR) is 90.8 cm³/mol. The summed E-state index contributed by atoms with van der Waals surface area (Å²) < 4.78 is 6.21. The molecule has 0 saturated carbocycles. The first kappa shape index (κ1) is 16.2. The summed E-state index contributed by atoms with van der Waals surface area (Å²) in [5.41, 5.74) is 6.34. The van der Waals surface area contributed by atoms with Crippen LogP contribution in [0.4, 0.5) is 0 Å². The first-order chi connectivity index (χ1) is 10.1. The maximum absolute atomic E-state index is 5.85. The Morgan fingerprint density at radius 3 is 3.05 bits per heavy atom. The highest BCUT2D eigenvalue weighted by molar-refractivity contribution is 8.00. The first-order valence-electron chi connectivity index (χ1n) is 7.37. The number of hydrogen-bond donors (Lipinski definition) is 1. The van der Waals surface area contributed by atoms with Crippen LogP contribution in [0.5, 0.6) is 5.75 Å². The lowest BCUT2D eigenvalue weighted by atomic mass is 10.2. The van der Waals surface area contributed by atoms with E-state index >= 15 is 0 Å². The SMILES string of the molecule is CC1(C)CN(CCOc2cccc(C#CCN)c2)CCS1. The molecule has 2 N–H and O–H groups in total. The molecule has 0 atom stereocenters. The molecule has 3 nitrogen and oxygen atoms in total. The fraction of sp³-hybridized carbons (Fsp3) is 0.529. The largest absolute Gasteiger partial charge is 0.492 e. The van der Waals surface area contributed by atoms with Crippen molar-refractivity contribution in [1.29, 1.82) is 0 Å². The molecule has 1 aromatic carbocycles. The summed E-state index contributed by atoms with van der Waals surface area (Å²) in [7, 11) is 0. The molecule has 21 heavy (non-hydrogen) atoms. The average Bonchev–Trinajstić information content (AvgIpc) is 2.45. The summed E-state index contributed by atoms with van der Waals surface area (Å²) in [4.78, 5) is 2.48. The molecule has 1 fully saturated rings. The molecule has 0 aromatic heterocycles. The fourth-order valence-electron chi connectivity index (χ4n) is 2.41. The number of thioether (sulfide) groups is 1. The molecule has 1 heterocycles. The van der Waals surface area contributed by atoms with Crippen molar-refractivity contribution < 1.29 is 4.74 Å². The molecule has 0 amide bonds. The molecule has 114 valence electrons. The highest BCUT2D eigenvalue weighted by Gasteiger charge is 2.26. The van der Waals surface area contributed by atoms with Gasteiger partial charge in [0.15, 0.2) is 0 Å². The van der Waals surface area contributed by atoms with E-state index in [2.05, 4.69) is 42.4 Å². The molecule has 1 aromatic rings. The Morgan fingerprint density at radius 1 is 1.43 bits per heavy atom. The van der Waals surface area contributed by atoms with Gasteiger partial charge in [0.1, 0.15) is 12.4 Å². The third kappa shape index (κ3) is 5.62. The minimum absolute atomic E-state index is 0.357. The van der Waals surface area contributed by atoms with Crippen molar-refractivity contribution in [1.82, 2.24) is 4.90 Å². The Hall–Kier alpha value is -1.15. The third-order valence-corrected chi connectivity index (χ3v) is 4.65. The van der Waals surface area contributed by atoms with Gasteiger partial charge in [-0.2, -0.15) is 11.8 Å². The van der Waals surface area contributed by atoms with Gasteiger partial charge in [-0.05, 0) is 32.0 Å². The van der Waals surface area contributed by atoms with Crippen LogP contribution in [0.2, 0.25) is 0 Å². The smallest absolute Gasteiger partial charge is 0.120 e. The minimum atomic E-state index is 0.357. The normalized spacial score (nSPS) is 17.9. The van der Waals surface area contributed by atoms with E-state index in [9.17, 15) is 0 Å². The molecule has 0 spiro atoms. The second-order valence-corrected chi connectivity index (χ2v) is 7.57. The van der Waals surface area contributed by atoms with Crippen molar-refractivity contribution in [2.24, 2.45) is 5.73 Å². The number of rotatable bonds is 4. The maximum atomic E-state index is 5.85. The fourth-order valence-corrected chi connectivity index (χ4v) is 3.59. The zero-order chi connectivity index (χ0) is 15.1. The van der Waals surface area contributed by atoms with Crippen LogP contribution in [-0.2, 0) is 0 Å². The molecule has 0 bridgehead atoms. The second kappa shape index (κ2) is 7.74. The molecule has 0 unspecified atom stereocenters. The topological polar surface area (TPSA) is 38.5 Å². The van der Waals surface area contributed by atoms with E-state index in [4.69, 9.17) is 10.5 Å². The summed E-state index contributed by atoms with van der Waals surface area (Å²) in [6.07, 6.45) is 0. The Bertz CT molecular complexity index is 519. The molecule has 1 saturated heterocycles. The molecule has 2 rings (SSSR count). The zero-order valence-corrected chi connectivity index (χ0v) is 13.7. The van der Waals surface area contributed by atoms with Gasteiger partial charge in [-0.15, -0.1) is 0 Å². The highest BCUT2D eigenvalue weighted by Crippen LogP contribution is 2.29. The lowest BCUT2D eigenvalue weighted by Crippen LogP contribution is -2.44. The standard InChI is InChI=1S/C17H24N2OS/c1-17(2)14-19(10-12-21-17)9-11-20-16-7-3-5-15(13-16)6-4-8-18/h3,5,7,13H,8-12,14,18H2,1-2H3. The van der Waals surface area contributed by atoms with E-state index < -0.39 is 0 Å². The molecule has 0 aliphatic carbocycles. The van der Waals surface area contributed by atoms with E-state index in [0.717, 1.165) is 30.9 Å².